The van der Waals surface area contributed by atoms with Crippen molar-refractivity contribution >= 4 is 50.7 Å². The van der Waals surface area contributed by atoms with Gasteiger partial charge in [-0.05, 0) is 73.9 Å². The van der Waals surface area contributed by atoms with Gasteiger partial charge in [-0.1, -0.05) is 90.3 Å². The van der Waals surface area contributed by atoms with Crippen LogP contribution in [-0.2, 0) is 32.6 Å². The van der Waals surface area contributed by atoms with E-state index in [4.69, 9.17) is 27.9 Å². The van der Waals surface area contributed by atoms with Crippen molar-refractivity contribution in [3.8, 4) is 5.75 Å². The Balaban J connectivity index is 1.84. The van der Waals surface area contributed by atoms with Crippen molar-refractivity contribution in [2.45, 2.75) is 57.1 Å². The Morgan fingerprint density at radius 3 is 2.13 bits per heavy atom. The van der Waals surface area contributed by atoms with Crippen molar-refractivity contribution in [1.29, 1.82) is 0 Å². The molecule has 47 heavy (non-hydrogen) atoms. The highest BCUT2D eigenvalue weighted by molar-refractivity contribution is 7.92. The topological polar surface area (TPSA) is 96.0 Å². The van der Waals surface area contributed by atoms with E-state index in [1.165, 1.54) is 35.2 Å². The Labute approximate surface area is 287 Å². The van der Waals surface area contributed by atoms with E-state index in [1.807, 2.05) is 57.2 Å². The highest BCUT2D eigenvalue weighted by Crippen LogP contribution is 2.30. The Bertz CT molecular complexity index is 1770. The van der Waals surface area contributed by atoms with E-state index < -0.39 is 28.5 Å². The van der Waals surface area contributed by atoms with Crippen LogP contribution < -0.4 is 14.4 Å². The zero-order valence-electron chi connectivity index (χ0n) is 26.8. The average Bonchev–Trinajstić information content (AvgIpc) is 3.05. The molecule has 4 aromatic carbocycles. The first-order chi connectivity index (χ1) is 22.4. The predicted octanol–water partition coefficient (Wildman–Crippen LogP) is 7.06. The van der Waals surface area contributed by atoms with Crippen molar-refractivity contribution < 1.29 is 22.7 Å². The van der Waals surface area contributed by atoms with Gasteiger partial charge in [-0.15, -0.1) is 0 Å². The molecule has 0 fully saturated rings. The lowest BCUT2D eigenvalue weighted by atomic mass is 10.0. The number of ether oxygens (including phenoxy) is 1. The fourth-order valence-corrected chi connectivity index (χ4v) is 6.92. The summed E-state index contributed by atoms with van der Waals surface area (Å²) < 4.78 is 34.8. The summed E-state index contributed by atoms with van der Waals surface area (Å²) in [5.41, 5.74) is 2.52. The molecule has 1 N–H and O–H groups in total. The van der Waals surface area contributed by atoms with E-state index in [-0.39, 0.29) is 45.5 Å². The van der Waals surface area contributed by atoms with Crippen molar-refractivity contribution in [1.82, 2.24) is 10.2 Å². The average molecular weight is 697 g/mol. The highest BCUT2D eigenvalue weighted by atomic mass is 35.5. The quantitative estimate of drug-likeness (QED) is 0.152. The Hall–Kier alpha value is -4.05. The number of aryl methyl sites for hydroxylation is 1. The van der Waals surface area contributed by atoms with Gasteiger partial charge in [0.05, 0.1) is 17.7 Å². The summed E-state index contributed by atoms with van der Waals surface area (Å²) in [5, 5.41) is 3.43. The molecule has 248 valence electrons. The van der Waals surface area contributed by atoms with Gasteiger partial charge in [-0.3, -0.25) is 13.9 Å². The van der Waals surface area contributed by atoms with Gasteiger partial charge in [0.2, 0.25) is 11.8 Å². The van der Waals surface area contributed by atoms with Crippen LogP contribution in [0.2, 0.25) is 10.0 Å². The number of sulfonamides is 1. The predicted molar refractivity (Wildman–Crippen MR) is 188 cm³/mol. The molecule has 0 aliphatic carbocycles. The second-order valence-electron chi connectivity index (χ2n) is 11.3. The van der Waals surface area contributed by atoms with Crippen molar-refractivity contribution in [2.24, 2.45) is 0 Å². The van der Waals surface area contributed by atoms with Crippen LogP contribution in [0.25, 0.3) is 0 Å². The van der Waals surface area contributed by atoms with Gasteiger partial charge in [0.15, 0.2) is 0 Å². The van der Waals surface area contributed by atoms with Crippen LogP contribution in [0, 0.1) is 6.92 Å². The van der Waals surface area contributed by atoms with Gasteiger partial charge in [-0.2, -0.15) is 0 Å². The molecule has 0 unspecified atom stereocenters. The Morgan fingerprint density at radius 1 is 0.872 bits per heavy atom. The molecule has 4 aromatic rings. The summed E-state index contributed by atoms with van der Waals surface area (Å²) in [6.45, 7) is 5.09. The molecule has 0 saturated carbocycles. The molecule has 0 aliphatic heterocycles. The fourth-order valence-electron chi connectivity index (χ4n) is 5.01. The van der Waals surface area contributed by atoms with E-state index >= 15 is 0 Å². The van der Waals surface area contributed by atoms with E-state index in [2.05, 4.69) is 5.32 Å². The zero-order chi connectivity index (χ0) is 34.1. The van der Waals surface area contributed by atoms with Gasteiger partial charge in [0.1, 0.15) is 18.3 Å². The zero-order valence-corrected chi connectivity index (χ0v) is 29.1. The molecular formula is C36H39Cl2N3O5S. The van der Waals surface area contributed by atoms with Crippen LogP contribution in [-0.4, -0.2) is 50.9 Å². The molecule has 2 atom stereocenters. The standard InChI is InChI=1S/C36H39Cl2N3O5S/c1-5-26(3)39-36(43)34(19-27-10-7-6-8-11-27)40(23-28-12-9-13-32(18-28)46-4)35(42)24-41(31-21-29(37)20-30(38)22-31)47(44,45)33-16-14-25(2)15-17-33/h6-18,20-22,26,34H,5,19,23-24H2,1-4H3,(H,39,43)/t26-,34+/m0/s1. The Morgan fingerprint density at radius 2 is 1.51 bits per heavy atom. The smallest absolute Gasteiger partial charge is 0.264 e. The minimum absolute atomic E-state index is 0.0101. The lowest BCUT2D eigenvalue weighted by Gasteiger charge is -2.34. The SMILES string of the molecule is CC[C@H](C)NC(=O)[C@@H](Cc1ccccc1)N(Cc1cccc(OC)c1)C(=O)CN(c1cc(Cl)cc(Cl)c1)S(=O)(=O)c1ccc(C)cc1. The van der Waals surface area contributed by atoms with E-state index in [1.54, 1.807) is 37.4 Å². The number of amides is 2. The number of methoxy groups -OCH3 is 1. The third kappa shape index (κ3) is 9.50. The van der Waals surface area contributed by atoms with Crippen LogP contribution in [0.15, 0.2) is 102 Å². The maximum Gasteiger partial charge on any atom is 0.264 e. The number of hydrogen-bond acceptors (Lipinski definition) is 5. The summed E-state index contributed by atoms with van der Waals surface area (Å²) in [7, 11) is -2.75. The number of hydrogen-bond donors (Lipinski definition) is 1. The molecular weight excluding hydrogens is 657 g/mol. The lowest BCUT2D eigenvalue weighted by Crippen LogP contribution is -2.54. The van der Waals surface area contributed by atoms with Gasteiger partial charge in [-0.25, -0.2) is 8.42 Å². The van der Waals surface area contributed by atoms with Gasteiger partial charge in [0, 0.05) is 29.1 Å². The van der Waals surface area contributed by atoms with Crippen molar-refractivity contribution in [3.63, 3.8) is 0 Å². The van der Waals surface area contributed by atoms with E-state index in [0.717, 1.165) is 15.4 Å². The molecule has 0 radical (unpaired) electrons. The second kappa shape index (κ2) is 16.2. The number of nitrogens with zero attached hydrogens (tertiary/aromatic N) is 2. The van der Waals surface area contributed by atoms with Crippen LogP contribution in [0.5, 0.6) is 5.75 Å². The van der Waals surface area contributed by atoms with E-state index in [9.17, 15) is 18.0 Å². The van der Waals surface area contributed by atoms with Gasteiger partial charge < -0.3 is 15.0 Å². The first-order valence-corrected chi connectivity index (χ1v) is 17.4. The highest BCUT2D eigenvalue weighted by Gasteiger charge is 2.35. The summed E-state index contributed by atoms with van der Waals surface area (Å²) in [4.78, 5) is 30.0. The number of halogens is 2. The number of rotatable bonds is 14. The monoisotopic (exact) mass is 695 g/mol. The lowest BCUT2D eigenvalue weighted by molar-refractivity contribution is -0.140. The van der Waals surface area contributed by atoms with Crippen LogP contribution >= 0.6 is 23.2 Å². The maximum absolute atomic E-state index is 14.6. The molecule has 4 rings (SSSR count). The second-order valence-corrected chi connectivity index (χ2v) is 14.1. The number of carbonyl (C=O) groups is 2. The van der Waals surface area contributed by atoms with Gasteiger partial charge >= 0.3 is 0 Å². The van der Waals surface area contributed by atoms with Crippen LogP contribution in [0.3, 0.4) is 0 Å². The molecule has 0 aromatic heterocycles. The summed E-state index contributed by atoms with van der Waals surface area (Å²) in [6, 6.07) is 26.1. The first-order valence-electron chi connectivity index (χ1n) is 15.2. The number of carbonyl (C=O) groups excluding carboxylic acids is 2. The number of nitrogens with one attached hydrogen (secondary N) is 1. The largest absolute Gasteiger partial charge is 0.497 e. The van der Waals surface area contributed by atoms with Crippen LogP contribution in [0.1, 0.15) is 37.0 Å². The van der Waals surface area contributed by atoms with E-state index in [0.29, 0.717) is 17.7 Å². The number of benzene rings is 4. The first kappa shape index (κ1) is 35.8. The Kier molecular flexibility index (Phi) is 12.3. The molecule has 0 heterocycles. The van der Waals surface area contributed by atoms with Crippen LogP contribution in [0.4, 0.5) is 5.69 Å². The third-order valence-electron chi connectivity index (χ3n) is 7.78. The summed E-state index contributed by atoms with van der Waals surface area (Å²) >= 11 is 12.6. The number of anilines is 1. The minimum Gasteiger partial charge on any atom is -0.497 e. The molecule has 0 aliphatic rings. The molecule has 11 heteroatoms. The molecule has 0 saturated heterocycles. The molecule has 8 nitrogen and oxygen atoms in total. The molecule has 0 spiro atoms. The molecule has 0 bridgehead atoms. The van der Waals surface area contributed by atoms with Crippen molar-refractivity contribution in [3.05, 3.63) is 124 Å². The maximum atomic E-state index is 14.6. The minimum atomic E-state index is -4.30. The molecule has 2 amide bonds. The van der Waals surface area contributed by atoms with Gasteiger partial charge in [0.25, 0.3) is 10.0 Å². The normalized spacial score (nSPS) is 12.6. The van der Waals surface area contributed by atoms with Crippen molar-refractivity contribution in [2.75, 3.05) is 18.0 Å². The third-order valence-corrected chi connectivity index (χ3v) is 10.0. The summed E-state index contributed by atoms with van der Waals surface area (Å²) in [6.07, 6.45) is 0.887. The fraction of sp³-hybridized carbons (Fsp3) is 0.278. The summed E-state index contributed by atoms with van der Waals surface area (Å²) in [5.74, 6) is -0.367.